The van der Waals surface area contributed by atoms with E-state index in [-0.39, 0.29) is 17.6 Å². The van der Waals surface area contributed by atoms with Crippen LogP contribution >= 0.6 is 27.5 Å². The molecule has 6 heteroatoms. The van der Waals surface area contributed by atoms with Crippen molar-refractivity contribution in [2.75, 3.05) is 17.3 Å². The van der Waals surface area contributed by atoms with Crippen molar-refractivity contribution in [1.29, 1.82) is 0 Å². The van der Waals surface area contributed by atoms with E-state index in [0.717, 1.165) is 37.4 Å². The number of hydrogen-bond acceptors (Lipinski definition) is 2. The lowest BCUT2D eigenvalue weighted by Crippen LogP contribution is -2.30. The van der Waals surface area contributed by atoms with Crippen molar-refractivity contribution in [2.45, 2.75) is 5.92 Å². The van der Waals surface area contributed by atoms with E-state index in [1.165, 1.54) is 0 Å². The second kappa shape index (κ2) is 6.54. The lowest BCUT2D eigenvalue weighted by atomic mass is 9.95. The molecule has 0 saturated carbocycles. The number of rotatable bonds is 2. The van der Waals surface area contributed by atoms with Gasteiger partial charge in [0.15, 0.2) is 0 Å². The summed E-state index contributed by atoms with van der Waals surface area (Å²) in [5, 5.41) is 13.2. The van der Waals surface area contributed by atoms with Crippen LogP contribution in [0.3, 0.4) is 0 Å². The van der Waals surface area contributed by atoms with Gasteiger partial charge in [-0.3, -0.25) is 4.79 Å². The second-order valence-corrected chi connectivity index (χ2v) is 8.28. The number of H-pyrrole nitrogens is 1. The number of alkyl halides is 1. The number of anilines is 1. The topological polar surface area (TPSA) is 56.3 Å². The molecule has 0 aliphatic carbocycles. The van der Waals surface area contributed by atoms with Crippen molar-refractivity contribution >= 4 is 60.8 Å². The quantitative estimate of drug-likeness (QED) is 0.377. The zero-order chi connectivity index (χ0) is 19.4. The first-order chi connectivity index (χ1) is 13.6. The Balaban J connectivity index is 1.65. The number of carbonyl (C=O) groups is 1. The van der Waals surface area contributed by atoms with E-state index in [0.29, 0.717) is 18.1 Å². The Bertz CT molecular complexity index is 1250. The van der Waals surface area contributed by atoms with Gasteiger partial charge in [0, 0.05) is 45.2 Å². The van der Waals surface area contributed by atoms with E-state index in [4.69, 9.17) is 11.6 Å². The van der Waals surface area contributed by atoms with Gasteiger partial charge in [-0.05, 0) is 35.2 Å². The third kappa shape index (κ3) is 2.61. The Kier molecular flexibility index (Phi) is 4.11. The third-order valence-corrected chi connectivity index (χ3v) is 6.25. The Morgan fingerprint density at radius 3 is 2.75 bits per heavy atom. The number of fused-ring (bicyclic) bond motifs is 4. The maximum Gasteiger partial charge on any atom is 0.274 e. The summed E-state index contributed by atoms with van der Waals surface area (Å²) >= 11 is 9.72. The van der Waals surface area contributed by atoms with E-state index in [9.17, 15) is 9.90 Å². The normalized spacial score (nSPS) is 16.1. The minimum absolute atomic E-state index is 0.0182. The number of hydrogen-bond donors (Lipinski definition) is 2. The highest BCUT2D eigenvalue weighted by molar-refractivity contribution is 9.10. The minimum Gasteiger partial charge on any atom is -0.507 e. The van der Waals surface area contributed by atoms with Crippen LogP contribution in [0.25, 0.3) is 21.7 Å². The van der Waals surface area contributed by atoms with E-state index in [2.05, 4.69) is 20.9 Å². The SMILES string of the molecule is O=C(c1cc2cc(Br)ccc2[nH]1)N1CC(CCl)c2c1cc(O)c1ccccc21. The first-order valence-corrected chi connectivity index (χ1v) is 10.3. The molecule has 3 aromatic carbocycles. The fourth-order valence-corrected chi connectivity index (χ4v) is 4.74. The number of phenols is 1. The predicted molar refractivity (Wildman–Crippen MR) is 117 cm³/mol. The molecule has 5 rings (SSSR count). The Morgan fingerprint density at radius 2 is 1.96 bits per heavy atom. The molecule has 1 aliphatic heterocycles. The first kappa shape index (κ1) is 17.6. The molecular weight excluding hydrogens is 440 g/mol. The zero-order valence-corrected chi connectivity index (χ0v) is 17.1. The first-order valence-electron chi connectivity index (χ1n) is 8.97. The highest BCUT2D eigenvalue weighted by atomic mass is 79.9. The van der Waals surface area contributed by atoms with E-state index < -0.39 is 0 Å². The van der Waals surface area contributed by atoms with Crippen molar-refractivity contribution in [3.63, 3.8) is 0 Å². The largest absolute Gasteiger partial charge is 0.507 e. The summed E-state index contributed by atoms with van der Waals surface area (Å²) < 4.78 is 0.961. The number of carbonyl (C=O) groups excluding carboxylic acids is 1. The average Bonchev–Trinajstić information content (AvgIpc) is 3.28. The number of phenolic OH excluding ortho intramolecular Hbond substituents is 1. The van der Waals surface area contributed by atoms with Crippen LogP contribution in [0.15, 0.2) is 59.1 Å². The summed E-state index contributed by atoms with van der Waals surface area (Å²) in [4.78, 5) is 18.3. The predicted octanol–water partition coefficient (Wildman–Crippen LogP) is 5.77. The lowest BCUT2D eigenvalue weighted by molar-refractivity contribution is 0.0984. The van der Waals surface area contributed by atoms with Crippen LogP contribution in [0.1, 0.15) is 22.0 Å². The molecular formula is C22H16BrClN2O2. The second-order valence-electron chi connectivity index (χ2n) is 7.06. The molecule has 1 aromatic heterocycles. The van der Waals surface area contributed by atoms with Crippen molar-refractivity contribution in [3.8, 4) is 5.75 Å². The van der Waals surface area contributed by atoms with E-state index in [1.807, 2.05) is 48.5 Å². The van der Waals surface area contributed by atoms with Gasteiger partial charge in [-0.25, -0.2) is 0 Å². The zero-order valence-electron chi connectivity index (χ0n) is 14.7. The van der Waals surface area contributed by atoms with Gasteiger partial charge in [0.1, 0.15) is 11.4 Å². The van der Waals surface area contributed by atoms with Gasteiger partial charge in [0.2, 0.25) is 0 Å². The molecule has 1 unspecified atom stereocenters. The summed E-state index contributed by atoms with van der Waals surface area (Å²) in [6, 6.07) is 17.1. The van der Waals surface area contributed by atoms with E-state index in [1.54, 1.807) is 11.0 Å². The summed E-state index contributed by atoms with van der Waals surface area (Å²) in [6.07, 6.45) is 0. The standard InChI is InChI=1S/C22H16BrClN2O2/c23-14-5-6-17-12(7-14)8-18(25-17)22(28)26-11-13(10-24)21-16-4-2-1-3-15(16)20(27)9-19(21)26/h1-9,13,25,27H,10-11H2. The highest BCUT2D eigenvalue weighted by Crippen LogP contribution is 2.45. The lowest BCUT2D eigenvalue weighted by Gasteiger charge is -2.17. The number of halogens is 2. The number of aromatic nitrogens is 1. The summed E-state index contributed by atoms with van der Waals surface area (Å²) in [5.74, 6) is 0.467. The molecule has 4 aromatic rings. The minimum atomic E-state index is -0.129. The number of aromatic hydroxyl groups is 1. The van der Waals surface area contributed by atoms with Crippen molar-refractivity contribution in [3.05, 3.63) is 70.3 Å². The molecule has 4 nitrogen and oxygen atoms in total. The van der Waals surface area contributed by atoms with Crippen molar-refractivity contribution in [1.82, 2.24) is 4.98 Å². The van der Waals surface area contributed by atoms with Crippen LogP contribution in [-0.2, 0) is 0 Å². The molecule has 1 aliphatic rings. The molecule has 1 amide bonds. The average molecular weight is 456 g/mol. The van der Waals surface area contributed by atoms with Crippen molar-refractivity contribution < 1.29 is 9.90 Å². The molecule has 0 saturated heterocycles. The molecule has 140 valence electrons. The Morgan fingerprint density at radius 1 is 1.18 bits per heavy atom. The van der Waals surface area contributed by atoms with Crippen LogP contribution in [0.4, 0.5) is 5.69 Å². The number of benzene rings is 3. The van der Waals surface area contributed by atoms with Gasteiger partial charge in [-0.1, -0.05) is 40.2 Å². The monoisotopic (exact) mass is 454 g/mol. The maximum atomic E-state index is 13.3. The molecule has 0 spiro atoms. The molecule has 2 heterocycles. The molecule has 0 radical (unpaired) electrons. The van der Waals surface area contributed by atoms with E-state index >= 15 is 0 Å². The van der Waals surface area contributed by atoms with Gasteiger partial charge < -0.3 is 15.0 Å². The van der Waals surface area contributed by atoms with Crippen LogP contribution in [-0.4, -0.2) is 28.4 Å². The van der Waals surface area contributed by atoms with Crippen molar-refractivity contribution in [2.24, 2.45) is 0 Å². The smallest absolute Gasteiger partial charge is 0.274 e. The summed E-state index contributed by atoms with van der Waals surface area (Å²) in [7, 11) is 0. The van der Waals surface area contributed by atoms with Gasteiger partial charge in [0.25, 0.3) is 5.91 Å². The Hall–Kier alpha value is -2.50. The van der Waals surface area contributed by atoms with Crippen LogP contribution < -0.4 is 4.90 Å². The molecule has 0 fully saturated rings. The number of nitrogens with one attached hydrogen (secondary N) is 1. The van der Waals surface area contributed by atoms with Gasteiger partial charge in [-0.15, -0.1) is 11.6 Å². The molecule has 0 bridgehead atoms. The summed E-state index contributed by atoms with van der Waals surface area (Å²) in [6.45, 7) is 0.490. The molecule has 28 heavy (non-hydrogen) atoms. The van der Waals surface area contributed by atoms with Crippen LogP contribution in [0.5, 0.6) is 5.75 Å². The number of aromatic amines is 1. The third-order valence-electron chi connectivity index (χ3n) is 5.39. The van der Waals surface area contributed by atoms with Gasteiger partial charge in [-0.2, -0.15) is 0 Å². The number of nitrogens with zero attached hydrogens (tertiary/aromatic N) is 1. The fraction of sp³-hybridized carbons (Fsp3) is 0.136. The maximum absolute atomic E-state index is 13.3. The van der Waals surface area contributed by atoms with Gasteiger partial charge in [0.05, 0.1) is 5.69 Å². The fourth-order valence-electron chi connectivity index (χ4n) is 4.11. The molecule has 2 N–H and O–H groups in total. The Labute approximate surface area is 174 Å². The highest BCUT2D eigenvalue weighted by Gasteiger charge is 2.35. The molecule has 1 atom stereocenters. The van der Waals surface area contributed by atoms with Gasteiger partial charge >= 0.3 is 0 Å². The van der Waals surface area contributed by atoms with Crippen LogP contribution in [0.2, 0.25) is 0 Å². The summed E-state index contributed by atoms with van der Waals surface area (Å²) in [5.41, 5.74) is 3.17. The number of amides is 1. The van der Waals surface area contributed by atoms with Crippen LogP contribution in [0, 0.1) is 0 Å².